The average molecular weight is 356 g/mol. The summed E-state index contributed by atoms with van der Waals surface area (Å²) in [6.45, 7) is 2.68. The average Bonchev–Trinajstić information content (AvgIpc) is 3.32. The Morgan fingerprint density at radius 3 is 3.04 bits per heavy atom. The Bertz CT molecular complexity index is 799. The molecule has 2 bridgehead atoms. The number of nitrogens with zero attached hydrogens (tertiary/aromatic N) is 2. The van der Waals surface area contributed by atoms with Crippen molar-refractivity contribution < 1.29 is 9.53 Å². The maximum Gasteiger partial charge on any atom is 0.264 e. The predicted octanol–water partition coefficient (Wildman–Crippen LogP) is 3.08. The number of hydrogen-bond donors (Lipinski definition) is 0. The number of amides is 1. The minimum atomic E-state index is -0.0717. The van der Waals surface area contributed by atoms with Crippen molar-refractivity contribution in [3.8, 4) is 0 Å². The number of carbonyl (C=O) groups is 1. The smallest absolute Gasteiger partial charge is 0.264 e. The predicted molar refractivity (Wildman–Crippen MR) is 100 cm³/mol. The van der Waals surface area contributed by atoms with Gasteiger partial charge in [0.05, 0.1) is 23.1 Å². The number of likely N-dealkylation sites (tertiary alicyclic amines) is 1. The number of rotatable bonds is 3. The molecule has 0 radical (unpaired) electrons. The van der Waals surface area contributed by atoms with Crippen LogP contribution >= 0.6 is 11.3 Å². The summed E-state index contributed by atoms with van der Waals surface area (Å²) >= 11 is 1.61. The molecule has 0 aliphatic carbocycles. The SMILES string of the molecule is CN(C)C[C@H]1[C@H]2CN(C(=O)c3cc4ccccc4s3)C[C@]23CC[C@H]1O3. The Balaban J connectivity index is 1.40. The molecule has 1 aromatic heterocycles. The van der Waals surface area contributed by atoms with E-state index in [-0.39, 0.29) is 11.5 Å². The molecule has 1 aromatic carbocycles. The lowest BCUT2D eigenvalue weighted by molar-refractivity contribution is 0.00261. The summed E-state index contributed by atoms with van der Waals surface area (Å²) in [7, 11) is 4.27. The Hall–Kier alpha value is -1.43. The molecule has 3 fully saturated rings. The van der Waals surface area contributed by atoms with Crippen molar-refractivity contribution >= 4 is 27.3 Å². The van der Waals surface area contributed by atoms with E-state index in [9.17, 15) is 4.79 Å². The summed E-state index contributed by atoms with van der Waals surface area (Å²) in [6, 6.07) is 10.3. The Morgan fingerprint density at radius 1 is 1.40 bits per heavy atom. The van der Waals surface area contributed by atoms with Crippen molar-refractivity contribution in [3.63, 3.8) is 0 Å². The second-order valence-corrected chi connectivity index (χ2v) is 9.21. The molecule has 5 rings (SSSR count). The first-order valence-corrected chi connectivity index (χ1v) is 9.98. The highest BCUT2D eigenvalue weighted by Crippen LogP contribution is 2.55. The van der Waals surface area contributed by atoms with Gasteiger partial charge in [-0.1, -0.05) is 18.2 Å². The third-order valence-electron chi connectivity index (χ3n) is 6.28. The molecule has 3 saturated heterocycles. The largest absolute Gasteiger partial charge is 0.369 e. The van der Waals surface area contributed by atoms with E-state index >= 15 is 0 Å². The molecule has 132 valence electrons. The third-order valence-corrected chi connectivity index (χ3v) is 7.39. The van der Waals surface area contributed by atoms with E-state index in [1.165, 1.54) is 4.70 Å². The normalized spacial score (nSPS) is 33.6. The van der Waals surface area contributed by atoms with Crippen LogP contribution in [0.5, 0.6) is 0 Å². The van der Waals surface area contributed by atoms with E-state index in [1.54, 1.807) is 11.3 Å². The summed E-state index contributed by atoms with van der Waals surface area (Å²) in [5, 5.41) is 1.16. The number of hydrogen-bond acceptors (Lipinski definition) is 4. The van der Waals surface area contributed by atoms with Gasteiger partial charge in [-0.25, -0.2) is 0 Å². The fourth-order valence-electron chi connectivity index (χ4n) is 5.25. The molecule has 3 aliphatic rings. The van der Waals surface area contributed by atoms with Crippen LogP contribution in [0.25, 0.3) is 10.1 Å². The van der Waals surface area contributed by atoms with Gasteiger partial charge in [-0.3, -0.25) is 4.79 Å². The van der Waals surface area contributed by atoms with Crippen molar-refractivity contribution in [2.45, 2.75) is 24.5 Å². The highest BCUT2D eigenvalue weighted by molar-refractivity contribution is 7.20. The first-order chi connectivity index (χ1) is 12.1. The van der Waals surface area contributed by atoms with Gasteiger partial charge in [-0.15, -0.1) is 11.3 Å². The molecular weight excluding hydrogens is 332 g/mol. The van der Waals surface area contributed by atoms with E-state index in [0.717, 1.165) is 42.7 Å². The van der Waals surface area contributed by atoms with Crippen LogP contribution in [0.15, 0.2) is 30.3 Å². The highest BCUT2D eigenvalue weighted by atomic mass is 32.1. The second-order valence-electron chi connectivity index (χ2n) is 8.13. The summed E-state index contributed by atoms with van der Waals surface area (Å²) in [6.07, 6.45) is 2.66. The number of benzene rings is 1. The van der Waals surface area contributed by atoms with Gasteiger partial charge in [0.15, 0.2) is 0 Å². The van der Waals surface area contributed by atoms with E-state index in [2.05, 4.69) is 36.0 Å². The first kappa shape index (κ1) is 15.8. The number of thiophene rings is 1. The third kappa shape index (κ3) is 2.36. The quantitative estimate of drug-likeness (QED) is 0.847. The van der Waals surface area contributed by atoms with Crippen molar-refractivity contribution in [1.29, 1.82) is 0 Å². The highest BCUT2D eigenvalue weighted by Gasteiger charge is 2.63. The zero-order valence-corrected chi connectivity index (χ0v) is 15.6. The van der Waals surface area contributed by atoms with Crippen LogP contribution in [-0.2, 0) is 4.74 Å². The molecule has 0 unspecified atom stereocenters. The second kappa shape index (κ2) is 5.53. The maximum absolute atomic E-state index is 13.1. The van der Waals surface area contributed by atoms with Crippen molar-refractivity contribution in [1.82, 2.24) is 9.80 Å². The summed E-state index contributed by atoms with van der Waals surface area (Å²) in [4.78, 5) is 18.3. The Kier molecular flexibility index (Phi) is 3.50. The fraction of sp³-hybridized carbons (Fsp3) is 0.550. The molecule has 1 amide bonds. The molecule has 3 aliphatic heterocycles. The van der Waals surface area contributed by atoms with Gasteiger partial charge in [0.1, 0.15) is 0 Å². The van der Waals surface area contributed by atoms with Crippen LogP contribution in [-0.4, -0.2) is 61.1 Å². The Labute approximate surface area is 152 Å². The molecule has 0 saturated carbocycles. The van der Waals surface area contributed by atoms with E-state index < -0.39 is 0 Å². The van der Waals surface area contributed by atoms with Crippen LogP contribution in [0.1, 0.15) is 22.5 Å². The lowest BCUT2D eigenvalue weighted by Crippen LogP contribution is -2.40. The van der Waals surface area contributed by atoms with Gasteiger partial charge in [0, 0.05) is 29.6 Å². The molecule has 5 heteroatoms. The standard InChI is InChI=1S/C20H24N2O2S/c1-21(2)10-14-15-11-22(12-20(15)8-7-16(14)24-20)19(23)18-9-13-5-3-4-6-17(13)25-18/h3-6,9,14-16H,7-8,10-12H2,1-2H3/t14-,15+,16+,20+/m0/s1. The maximum atomic E-state index is 13.1. The monoisotopic (exact) mass is 356 g/mol. The first-order valence-electron chi connectivity index (χ1n) is 9.16. The van der Waals surface area contributed by atoms with Gasteiger partial charge >= 0.3 is 0 Å². The minimum Gasteiger partial charge on any atom is -0.369 e. The molecule has 2 aromatic rings. The van der Waals surface area contributed by atoms with Crippen LogP contribution in [0.3, 0.4) is 0 Å². The molecule has 4 nitrogen and oxygen atoms in total. The summed E-state index contributed by atoms with van der Waals surface area (Å²) < 4.78 is 7.64. The Morgan fingerprint density at radius 2 is 2.24 bits per heavy atom. The molecule has 1 spiro atoms. The van der Waals surface area contributed by atoms with Crippen molar-refractivity contribution in [2.75, 3.05) is 33.7 Å². The molecule has 4 heterocycles. The lowest BCUT2D eigenvalue weighted by Gasteiger charge is -2.30. The zero-order chi connectivity index (χ0) is 17.2. The van der Waals surface area contributed by atoms with Crippen molar-refractivity contribution in [3.05, 3.63) is 35.2 Å². The topological polar surface area (TPSA) is 32.8 Å². The van der Waals surface area contributed by atoms with Crippen LogP contribution in [0, 0.1) is 11.8 Å². The van der Waals surface area contributed by atoms with Gasteiger partial charge < -0.3 is 14.5 Å². The molecule has 25 heavy (non-hydrogen) atoms. The number of carbonyl (C=O) groups excluding carboxylic acids is 1. The van der Waals surface area contributed by atoms with Crippen molar-refractivity contribution in [2.24, 2.45) is 11.8 Å². The minimum absolute atomic E-state index is 0.0717. The summed E-state index contributed by atoms with van der Waals surface area (Å²) in [5.41, 5.74) is -0.0717. The lowest BCUT2D eigenvalue weighted by atomic mass is 9.73. The molecule has 4 atom stereocenters. The number of fused-ring (bicyclic) bond motifs is 2. The van der Waals surface area contributed by atoms with Crippen LogP contribution in [0.2, 0.25) is 0 Å². The molecular formula is C20H24N2O2S. The van der Waals surface area contributed by atoms with Gasteiger partial charge in [0.25, 0.3) is 5.91 Å². The van der Waals surface area contributed by atoms with Gasteiger partial charge in [0.2, 0.25) is 0 Å². The summed E-state index contributed by atoms with van der Waals surface area (Å²) in [5.74, 6) is 1.23. The molecule has 0 N–H and O–H groups in total. The van der Waals surface area contributed by atoms with Crippen LogP contribution < -0.4 is 0 Å². The number of ether oxygens (including phenoxy) is 1. The van der Waals surface area contributed by atoms with E-state index in [0.29, 0.717) is 17.9 Å². The van der Waals surface area contributed by atoms with Crippen LogP contribution in [0.4, 0.5) is 0 Å². The van der Waals surface area contributed by atoms with Gasteiger partial charge in [-0.05, 0) is 44.5 Å². The van der Waals surface area contributed by atoms with E-state index in [4.69, 9.17) is 4.74 Å². The van der Waals surface area contributed by atoms with E-state index in [1.807, 2.05) is 18.2 Å². The fourth-order valence-corrected chi connectivity index (χ4v) is 6.28. The van der Waals surface area contributed by atoms with Gasteiger partial charge in [-0.2, -0.15) is 0 Å². The zero-order valence-electron chi connectivity index (χ0n) is 14.8.